The highest BCUT2D eigenvalue weighted by Gasteiger charge is 2.39. The quantitative estimate of drug-likeness (QED) is 0.902. The second-order valence-corrected chi connectivity index (χ2v) is 5.95. The van der Waals surface area contributed by atoms with Crippen LogP contribution in [0.1, 0.15) is 46.6 Å². The molecular weight excluding hydrogens is 274 g/mol. The lowest BCUT2D eigenvalue weighted by Gasteiger charge is -2.44. The summed E-state index contributed by atoms with van der Waals surface area (Å²) in [5.41, 5.74) is 0.171. The molecule has 0 aromatic carbocycles. The van der Waals surface area contributed by atoms with Gasteiger partial charge in [-0.15, -0.1) is 0 Å². The van der Waals surface area contributed by atoms with Gasteiger partial charge in [0.25, 0.3) is 5.91 Å². The van der Waals surface area contributed by atoms with E-state index in [1.54, 1.807) is 4.90 Å². The van der Waals surface area contributed by atoms with E-state index < -0.39 is 5.97 Å². The molecule has 1 N–H and O–H groups in total. The molecule has 0 radical (unpaired) electrons. The Labute approximate surface area is 122 Å². The fraction of sp³-hybridized carbons (Fsp3) is 0.600. The van der Waals surface area contributed by atoms with Crippen molar-refractivity contribution < 1.29 is 23.8 Å². The van der Waals surface area contributed by atoms with Gasteiger partial charge in [0.1, 0.15) is 6.26 Å². The number of carbonyl (C=O) groups excluding carboxylic acids is 1. The lowest BCUT2D eigenvalue weighted by atomic mass is 9.74. The lowest BCUT2D eigenvalue weighted by Crippen LogP contribution is -2.48. The van der Waals surface area contributed by atoms with Crippen LogP contribution in [-0.4, -0.2) is 48.2 Å². The van der Waals surface area contributed by atoms with Gasteiger partial charge in [0.15, 0.2) is 5.76 Å². The van der Waals surface area contributed by atoms with Crippen LogP contribution in [0, 0.1) is 5.41 Å². The van der Waals surface area contributed by atoms with Crippen molar-refractivity contribution in [2.45, 2.75) is 25.7 Å². The maximum absolute atomic E-state index is 12.5. The molecule has 3 heterocycles. The number of piperidine rings is 1. The molecule has 2 aliphatic heterocycles. The standard InChI is InChI=1S/C15H19NO5/c17-13(12-8-11(9-21-12)14(18)19)16-5-1-2-15(10-16)3-6-20-7-4-15/h8-9H,1-7,10H2,(H,18,19). The SMILES string of the molecule is O=C(O)c1coc(C(=O)N2CCCC3(CCOCC3)C2)c1. The van der Waals surface area contributed by atoms with Gasteiger partial charge in [0.05, 0.1) is 5.56 Å². The summed E-state index contributed by atoms with van der Waals surface area (Å²) in [4.78, 5) is 25.1. The van der Waals surface area contributed by atoms with Crippen LogP contribution in [0.5, 0.6) is 0 Å². The molecule has 3 rings (SSSR count). The van der Waals surface area contributed by atoms with Gasteiger partial charge >= 0.3 is 5.97 Å². The molecule has 1 spiro atoms. The number of nitrogens with zero attached hydrogens (tertiary/aromatic N) is 1. The number of ether oxygens (including phenoxy) is 1. The minimum atomic E-state index is -1.09. The smallest absolute Gasteiger partial charge is 0.338 e. The van der Waals surface area contributed by atoms with Gasteiger partial charge in [-0.1, -0.05) is 0 Å². The van der Waals surface area contributed by atoms with E-state index in [1.165, 1.54) is 6.07 Å². The van der Waals surface area contributed by atoms with Crippen molar-refractivity contribution in [2.24, 2.45) is 5.41 Å². The van der Waals surface area contributed by atoms with Crippen molar-refractivity contribution in [3.63, 3.8) is 0 Å². The van der Waals surface area contributed by atoms with Gasteiger partial charge in [-0.3, -0.25) is 4.79 Å². The normalized spacial score (nSPS) is 21.4. The van der Waals surface area contributed by atoms with Crippen LogP contribution in [0.4, 0.5) is 0 Å². The van der Waals surface area contributed by atoms with Gasteiger partial charge in [-0.25, -0.2) is 4.79 Å². The van der Waals surface area contributed by atoms with Gasteiger partial charge < -0.3 is 19.2 Å². The highest BCUT2D eigenvalue weighted by molar-refractivity contribution is 5.95. The molecule has 0 aliphatic carbocycles. The summed E-state index contributed by atoms with van der Waals surface area (Å²) in [6.07, 6.45) is 5.17. The van der Waals surface area contributed by atoms with E-state index in [-0.39, 0.29) is 22.6 Å². The number of likely N-dealkylation sites (tertiary alicyclic amines) is 1. The van der Waals surface area contributed by atoms with Crippen molar-refractivity contribution in [1.82, 2.24) is 4.90 Å². The number of hydrogen-bond acceptors (Lipinski definition) is 4. The first-order valence-corrected chi connectivity index (χ1v) is 7.29. The third-order valence-electron chi connectivity index (χ3n) is 4.56. The first-order chi connectivity index (χ1) is 10.1. The average molecular weight is 293 g/mol. The average Bonchev–Trinajstić information content (AvgIpc) is 2.97. The molecule has 1 aromatic rings. The minimum absolute atomic E-state index is 0.0103. The molecule has 6 heteroatoms. The van der Waals surface area contributed by atoms with Crippen molar-refractivity contribution in [3.05, 3.63) is 23.7 Å². The van der Waals surface area contributed by atoms with Crippen molar-refractivity contribution in [1.29, 1.82) is 0 Å². The van der Waals surface area contributed by atoms with Crippen LogP contribution in [0.2, 0.25) is 0 Å². The zero-order chi connectivity index (χ0) is 14.9. The van der Waals surface area contributed by atoms with E-state index in [0.29, 0.717) is 13.1 Å². The summed E-state index contributed by atoms with van der Waals surface area (Å²) in [5, 5.41) is 8.89. The number of carbonyl (C=O) groups is 2. The van der Waals surface area contributed by atoms with Crippen LogP contribution < -0.4 is 0 Å². The lowest BCUT2D eigenvalue weighted by molar-refractivity contribution is -0.0235. The topological polar surface area (TPSA) is 80.0 Å². The third-order valence-corrected chi connectivity index (χ3v) is 4.56. The van der Waals surface area contributed by atoms with Crippen LogP contribution in [0.3, 0.4) is 0 Å². The minimum Gasteiger partial charge on any atom is -0.478 e. The Morgan fingerprint density at radius 1 is 1.24 bits per heavy atom. The molecule has 6 nitrogen and oxygen atoms in total. The van der Waals surface area contributed by atoms with Crippen molar-refractivity contribution >= 4 is 11.9 Å². The van der Waals surface area contributed by atoms with Gasteiger partial charge in [0.2, 0.25) is 0 Å². The van der Waals surface area contributed by atoms with Crippen LogP contribution in [-0.2, 0) is 4.74 Å². The number of furan rings is 1. The molecular formula is C15H19NO5. The van der Waals surface area contributed by atoms with Crippen molar-refractivity contribution in [2.75, 3.05) is 26.3 Å². The number of carboxylic acids is 1. The fourth-order valence-electron chi connectivity index (χ4n) is 3.31. The Hall–Kier alpha value is -1.82. The number of aromatic carboxylic acids is 1. The highest BCUT2D eigenvalue weighted by Crippen LogP contribution is 2.39. The second kappa shape index (κ2) is 5.52. The van der Waals surface area contributed by atoms with Gasteiger partial charge in [0, 0.05) is 32.4 Å². The number of carboxylic acid groups (broad SMARTS) is 1. The van der Waals surface area contributed by atoms with E-state index in [4.69, 9.17) is 14.3 Å². The molecule has 0 bridgehead atoms. The third kappa shape index (κ3) is 2.81. The molecule has 114 valence electrons. The number of rotatable bonds is 2. The van der Waals surface area contributed by atoms with Crippen molar-refractivity contribution in [3.8, 4) is 0 Å². The molecule has 0 unspecified atom stereocenters. The molecule has 0 atom stereocenters. The van der Waals surface area contributed by atoms with E-state index in [9.17, 15) is 9.59 Å². The predicted octanol–water partition coefficient (Wildman–Crippen LogP) is 2.01. The van der Waals surface area contributed by atoms with E-state index in [0.717, 1.165) is 45.2 Å². The van der Waals surface area contributed by atoms with Gasteiger partial charge in [-0.05, 0) is 31.1 Å². The Kier molecular flexibility index (Phi) is 3.71. The summed E-state index contributed by atoms with van der Waals surface area (Å²) < 4.78 is 10.5. The number of amides is 1. The van der Waals surface area contributed by atoms with E-state index >= 15 is 0 Å². The Bertz CT molecular complexity index is 539. The summed E-state index contributed by atoms with van der Waals surface area (Å²) in [6, 6.07) is 1.30. The first kappa shape index (κ1) is 14.1. The zero-order valence-corrected chi connectivity index (χ0v) is 11.8. The summed E-state index contributed by atoms with van der Waals surface area (Å²) in [7, 11) is 0. The molecule has 1 aromatic heterocycles. The van der Waals surface area contributed by atoms with Crippen LogP contribution in [0.25, 0.3) is 0 Å². The summed E-state index contributed by atoms with van der Waals surface area (Å²) in [6.45, 7) is 2.92. The number of hydrogen-bond donors (Lipinski definition) is 1. The highest BCUT2D eigenvalue weighted by atomic mass is 16.5. The summed E-state index contributed by atoms with van der Waals surface area (Å²) >= 11 is 0. The monoisotopic (exact) mass is 293 g/mol. The van der Waals surface area contributed by atoms with E-state index in [2.05, 4.69) is 0 Å². The molecule has 1 amide bonds. The second-order valence-electron chi connectivity index (χ2n) is 5.95. The van der Waals surface area contributed by atoms with Gasteiger partial charge in [-0.2, -0.15) is 0 Å². The maximum atomic E-state index is 12.5. The molecule has 0 saturated carbocycles. The Morgan fingerprint density at radius 3 is 2.67 bits per heavy atom. The zero-order valence-electron chi connectivity index (χ0n) is 11.8. The fourth-order valence-corrected chi connectivity index (χ4v) is 3.31. The maximum Gasteiger partial charge on any atom is 0.338 e. The Morgan fingerprint density at radius 2 is 2.00 bits per heavy atom. The molecule has 2 saturated heterocycles. The van der Waals surface area contributed by atoms with Crippen LogP contribution >= 0.6 is 0 Å². The first-order valence-electron chi connectivity index (χ1n) is 7.29. The molecule has 2 aliphatic rings. The largest absolute Gasteiger partial charge is 0.478 e. The van der Waals surface area contributed by atoms with Crippen LogP contribution in [0.15, 0.2) is 16.7 Å². The van der Waals surface area contributed by atoms with E-state index in [1.807, 2.05) is 0 Å². The molecule has 21 heavy (non-hydrogen) atoms. The molecule has 2 fully saturated rings. The Balaban J connectivity index is 1.73. The summed E-state index contributed by atoms with van der Waals surface area (Å²) in [5.74, 6) is -1.19. The predicted molar refractivity (Wildman–Crippen MR) is 73.3 cm³/mol.